The summed E-state index contributed by atoms with van der Waals surface area (Å²) in [4.78, 5) is 12.2. The molecular weight excluding hydrogens is 689 g/mol. The van der Waals surface area contributed by atoms with E-state index in [2.05, 4.69) is 48.2 Å². The molecule has 0 aliphatic carbocycles. The Labute approximate surface area is 279 Å². The van der Waals surface area contributed by atoms with Crippen LogP contribution >= 0.6 is 51.7 Å². The van der Waals surface area contributed by atoms with E-state index in [9.17, 15) is 9.90 Å². The van der Waals surface area contributed by atoms with Gasteiger partial charge in [0, 0.05) is 33.8 Å². The summed E-state index contributed by atoms with van der Waals surface area (Å²) in [5, 5.41) is 13.2. The quantitative estimate of drug-likeness (QED) is 0.122. The van der Waals surface area contributed by atoms with Crippen molar-refractivity contribution in [2.24, 2.45) is 0 Å². The normalized spacial score (nSPS) is 11.5. The van der Waals surface area contributed by atoms with Crippen LogP contribution in [-0.2, 0) is 29.3 Å². The van der Waals surface area contributed by atoms with Crippen LogP contribution in [0.4, 0.5) is 0 Å². The highest BCUT2D eigenvalue weighted by atomic mass is 79.9. The highest BCUT2D eigenvalue weighted by Crippen LogP contribution is 2.36. The highest BCUT2D eigenvalue weighted by molar-refractivity contribution is 9.10. The van der Waals surface area contributed by atoms with E-state index in [1.807, 2.05) is 48.5 Å². The van der Waals surface area contributed by atoms with Crippen molar-refractivity contribution in [3.05, 3.63) is 105 Å². The largest absolute Gasteiger partial charge is 0.488 e. The number of benzene rings is 4. The van der Waals surface area contributed by atoms with Gasteiger partial charge in [0.05, 0.1) is 30.0 Å². The maximum Gasteiger partial charge on any atom is 0.325 e. The third-order valence-electron chi connectivity index (χ3n) is 6.71. The number of carbonyl (C=O) groups excluding carboxylic acids is 1. The molecule has 0 unspecified atom stereocenters. The lowest BCUT2D eigenvalue weighted by Crippen LogP contribution is -2.40. The fourth-order valence-corrected chi connectivity index (χ4v) is 5.90. The minimum Gasteiger partial charge on any atom is -0.488 e. The number of fused-ring (bicyclic) bond motifs is 1. The molecule has 0 bridgehead atoms. The summed E-state index contributed by atoms with van der Waals surface area (Å²) in [5.41, 5.74) is 6.24. The second-order valence-corrected chi connectivity index (χ2v) is 11.3. The maximum atomic E-state index is 12.2. The summed E-state index contributed by atoms with van der Waals surface area (Å²) in [6, 6.07) is 24.5. The molecule has 5 rings (SSSR count). The number of ether oxygens (including phenoxy) is 3. The predicted molar refractivity (Wildman–Crippen MR) is 179 cm³/mol. The molecule has 1 heterocycles. The third-order valence-corrected chi connectivity index (χ3v) is 8.48. The molecule has 0 radical (unpaired) electrons. The molecule has 8 nitrogen and oxygen atoms in total. The zero-order valence-electron chi connectivity index (χ0n) is 23.7. The Morgan fingerprint density at radius 2 is 1.68 bits per heavy atom. The van der Waals surface area contributed by atoms with Gasteiger partial charge in [0.1, 0.15) is 41.8 Å². The first kappa shape index (κ1) is 33.6. The summed E-state index contributed by atoms with van der Waals surface area (Å²) in [6.45, 7) is 2.18. The van der Waals surface area contributed by atoms with E-state index < -0.39 is 18.6 Å². The summed E-state index contributed by atoms with van der Waals surface area (Å²) in [5.74, 6) is 0.407. The van der Waals surface area contributed by atoms with Gasteiger partial charge in [-0.2, -0.15) is 8.75 Å². The van der Waals surface area contributed by atoms with Crippen molar-refractivity contribution in [1.82, 2.24) is 14.1 Å². The number of aliphatic hydroxyl groups is 1. The van der Waals surface area contributed by atoms with E-state index in [1.54, 1.807) is 19.1 Å². The number of halogens is 3. The molecular formula is C32H30BrCl2N3O5S. The monoisotopic (exact) mass is 717 g/mol. The molecule has 2 N–H and O–H groups in total. The molecule has 0 aliphatic rings. The number of nitrogens with one attached hydrogen (secondary N) is 1. The van der Waals surface area contributed by atoms with Gasteiger partial charge < -0.3 is 19.3 Å². The van der Waals surface area contributed by atoms with Gasteiger partial charge in [-0.05, 0) is 46.1 Å². The van der Waals surface area contributed by atoms with E-state index >= 15 is 0 Å². The van der Waals surface area contributed by atoms with Crippen LogP contribution < -0.4 is 14.8 Å². The van der Waals surface area contributed by atoms with Gasteiger partial charge in [-0.3, -0.25) is 10.1 Å². The summed E-state index contributed by atoms with van der Waals surface area (Å²) in [7, 11) is 0. The van der Waals surface area contributed by atoms with Gasteiger partial charge in [0.15, 0.2) is 0 Å². The first-order valence-electron chi connectivity index (χ1n) is 13.6. The molecule has 12 heteroatoms. The van der Waals surface area contributed by atoms with E-state index in [4.69, 9.17) is 25.8 Å². The van der Waals surface area contributed by atoms with E-state index in [0.29, 0.717) is 22.1 Å². The standard InChI is InChI=1S/C32H29BrClN3O5S.ClH/c1-2-40-32(39)27(17-38)35-16-23-14-25(34)29(15-28(23)41-19-22-11-7-13-26-31(22)37-43-36-26)42-18-21-10-6-12-24(30(21)33)20-8-4-3-5-9-20;/h3-15,27,35,38H,2,16-19H2,1H3;1H/t27-;/m1./s1. The van der Waals surface area contributed by atoms with Crippen LogP contribution in [0.3, 0.4) is 0 Å². The second kappa shape index (κ2) is 16.2. The third kappa shape index (κ3) is 8.06. The number of nitrogens with zero attached hydrogens (tertiary/aromatic N) is 2. The number of hydrogen-bond donors (Lipinski definition) is 2. The van der Waals surface area contributed by atoms with Crippen LogP contribution in [0.5, 0.6) is 11.5 Å². The molecule has 44 heavy (non-hydrogen) atoms. The first-order valence-corrected chi connectivity index (χ1v) is 15.5. The molecule has 0 fully saturated rings. The molecule has 5 aromatic rings. The van der Waals surface area contributed by atoms with Crippen molar-refractivity contribution in [1.29, 1.82) is 0 Å². The Morgan fingerprint density at radius 1 is 0.955 bits per heavy atom. The zero-order valence-corrected chi connectivity index (χ0v) is 27.6. The summed E-state index contributed by atoms with van der Waals surface area (Å²) >= 11 is 11.6. The van der Waals surface area contributed by atoms with Gasteiger partial charge in [0.25, 0.3) is 0 Å². The van der Waals surface area contributed by atoms with Crippen LogP contribution in [-0.4, -0.2) is 39.1 Å². The molecule has 0 aliphatic heterocycles. The Balaban J connectivity index is 0.00000442. The number of esters is 1. The molecule has 0 saturated carbocycles. The van der Waals surface area contributed by atoms with Crippen molar-refractivity contribution in [3.63, 3.8) is 0 Å². The zero-order chi connectivity index (χ0) is 30.2. The average Bonchev–Trinajstić information content (AvgIpc) is 3.51. The number of rotatable bonds is 13. The fourth-order valence-electron chi connectivity index (χ4n) is 4.48. The SMILES string of the molecule is CCOC(=O)[C@@H](CO)NCc1cc(Cl)c(OCc2cccc(-c3ccccc3)c2Br)cc1OCc1cccc2nsnc12.Cl. The van der Waals surface area contributed by atoms with Crippen molar-refractivity contribution in [2.45, 2.75) is 32.7 Å². The van der Waals surface area contributed by atoms with Gasteiger partial charge in [-0.25, -0.2) is 0 Å². The smallest absolute Gasteiger partial charge is 0.325 e. The van der Waals surface area contributed by atoms with Crippen LogP contribution in [0.1, 0.15) is 23.6 Å². The van der Waals surface area contributed by atoms with Crippen LogP contribution in [0.2, 0.25) is 5.02 Å². The number of aromatic nitrogens is 2. The van der Waals surface area contributed by atoms with Crippen molar-refractivity contribution >= 4 is 68.7 Å². The molecule has 1 aromatic heterocycles. The topological polar surface area (TPSA) is 103 Å². The summed E-state index contributed by atoms with van der Waals surface area (Å²) < 4.78 is 27.2. The molecule has 0 spiro atoms. The Morgan fingerprint density at radius 3 is 2.45 bits per heavy atom. The van der Waals surface area contributed by atoms with Gasteiger partial charge in [-0.15, -0.1) is 12.4 Å². The summed E-state index contributed by atoms with van der Waals surface area (Å²) in [6.07, 6.45) is 0. The van der Waals surface area contributed by atoms with Gasteiger partial charge >= 0.3 is 5.97 Å². The van der Waals surface area contributed by atoms with Crippen molar-refractivity contribution < 1.29 is 24.1 Å². The lowest BCUT2D eigenvalue weighted by molar-refractivity contribution is -0.146. The highest BCUT2D eigenvalue weighted by Gasteiger charge is 2.20. The minimum atomic E-state index is -0.897. The molecule has 230 valence electrons. The van der Waals surface area contributed by atoms with E-state index in [-0.39, 0.29) is 38.8 Å². The van der Waals surface area contributed by atoms with Crippen molar-refractivity contribution in [3.8, 4) is 22.6 Å². The van der Waals surface area contributed by atoms with Crippen LogP contribution in [0, 0.1) is 0 Å². The Kier molecular flexibility index (Phi) is 12.4. The molecule has 0 saturated heterocycles. The lowest BCUT2D eigenvalue weighted by Gasteiger charge is -2.19. The van der Waals surface area contributed by atoms with Gasteiger partial charge in [0.2, 0.25) is 0 Å². The predicted octanol–water partition coefficient (Wildman–Crippen LogP) is 7.37. The number of aliphatic hydroxyl groups excluding tert-OH is 1. The van der Waals surface area contributed by atoms with Crippen molar-refractivity contribution in [2.75, 3.05) is 13.2 Å². The Hall–Kier alpha value is -3.25. The second-order valence-electron chi connectivity index (χ2n) is 9.53. The maximum absolute atomic E-state index is 12.2. The fraction of sp³-hybridized carbons (Fsp3) is 0.219. The van der Waals surface area contributed by atoms with E-state index in [1.165, 1.54) is 0 Å². The number of hydrogen-bond acceptors (Lipinski definition) is 9. The minimum absolute atomic E-state index is 0. The van der Waals surface area contributed by atoms with Crippen LogP contribution in [0.25, 0.3) is 22.2 Å². The van der Waals surface area contributed by atoms with E-state index in [0.717, 1.165) is 49.5 Å². The molecule has 4 aromatic carbocycles. The Bertz CT molecular complexity index is 1710. The van der Waals surface area contributed by atoms with Gasteiger partial charge in [-0.1, -0.05) is 72.3 Å². The number of carbonyl (C=O) groups is 1. The van der Waals surface area contributed by atoms with Crippen LogP contribution in [0.15, 0.2) is 83.3 Å². The molecule has 0 amide bonds. The molecule has 1 atom stereocenters. The first-order chi connectivity index (χ1) is 21.0. The lowest BCUT2D eigenvalue weighted by atomic mass is 10.0. The average molecular weight is 719 g/mol.